The normalized spacial score (nSPS) is 12.5. The summed E-state index contributed by atoms with van der Waals surface area (Å²) in [6, 6.07) is 4.88. The van der Waals surface area contributed by atoms with Crippen LogP contribution >= 0.6 is 23.2 Å². The first-order chi connectivity index (χ1) is 13.4. The number of methoxy groups -OCH3 is 1. The lowest BCUT2D eigenvalue weighted by molar-refractivity contribution is 0.407. The van der Waals surface area contributed by atoms with Gasteiger partial charge in [0, 0.05) is 47.4 Å². The zero-order chi connectivity index (χ0) is 20.0. The van der Waals surface area contributed by atoms with E-state index in [1.54, 1.807) is 37.3 Å². The van der Waals surface area contributed by atoms with Crippen LogP contribution in [-0.2, 0) is 7.05 Å². The molecule has 1 atom stereocenters. The molecule has 144 valence electrons. The number of nitrogens with one attached hydrogen (secondary N) is 1. The van der Waals surface area contributed by atoms with Crippen molar-refractivity contribution in [3.63, 3.8) is 0 Å². The number of ether oxygens (including phenoxy) is 1. The second kappa shape index (κ2) is 7.11. The van der Waals surface area contributed by atoms with E-state index in [9.17, 15) is 4.39 Å². The number of aromatic nitrogens is 4. The lowest BCUT2D eigenvalue weighted by Gasteiger charge is -2.17. The van der Waals surface area contributed by atoms with Gasteiger partial charge >= 0.3 is 0 Å². The fraction of sp³-hybridized carbons (Fsp3) is 0.200. The van der Waals surface area contributed by atoms with E-state index in [4.69, 9.17) is 27.9 Å². The monoisotopic (exact) mass is 418 g/mol. The number of hydrogen-bond donors (Lipinski definition) is 1. The topological polar surface area (TPSA) is 55.7 Å². The van der Waals surface area contributed by atoms with Gasteiger partial charge in [0.2, 0.25) is 0 Å². The predicted octanol–water partition coefficient (Wildman–Crippen LogP) is 5.57. The molecule has 0 saturated heterocycles. The average molecular weight is 419 g/mol. The minimum atomic E-state index is -0.481. The van der Waals surface area contributed by atoms with Gasteiger partial charge in [-0.25, -0.2) is 9.37 Å². The Hall–Kier alpha value is -2.57. The van der Waals surface area contributed by atoms with E-state index in [-0.39, 0.29) is 10.9 Å². The second-order valence-corrected chi connectivity index (χ2v) is 7.27. The van der Waals surface area contributed by atoms with Crippen LogP contribution in [0, 0.1) is 5.82 Å². The van der Waals surface area contributed by atoms with Gasteiger partial charge in [0.15, 0.2) is 0 Å². The van der Waals surface area contributed by atoms with Crippen LogP contribution in [-0.4, -0.2) is 26.9 Å². The van der Waals surface area contributed by atoms with Gasteiger partial charge in [-0.3, -0.25) is 4.68 Å². The van der Waals surface area contributed by atoms with Gasteiger partial charge in [-0.1, -0.05) is 30.1 Å². The van der Waals surface area contributed by atoms with E-state index in [1.807, 2.05) is 19.2 Å². The third-order valence-electron chi connectivity index (χ3n) is 4.95. The largest absolute Gasteiger partial charge is 0.496 e. The minimum absolute atomic E-state index is 0.0561. The molecule has 3 aromatic heterocycles. The van der Waals surface area contributed by atoms with E-state index >= 15 is 0 Å². The lowest BCUT2D eigenvalue weighted by Crippen LogP contribution is -2.02. The van der Waals surface area contributed by atoms with Crippen LogP contribution < -0.4 is 4.74 Å². The van der Waals surface area contributed by atoms with Gasteiger partial charge in [-0.2, -0.15) is 5.10 Å². The van der Waals surface area contributed by atoms with Crippen LogP contribution in [0.4, 0.5) is 4.39 Å². The Morgan fingerprint density at radius 3 is 2.71 bits per heavy atom. The van der Waals surface area contributed by atoms with Crippen molar-refractivity contribution >= 4 is 34.2 Å². The van der Waals surface area contributed by atoms with Crippen LogP contribution in [0.1, 0.15) is 24.0 Å². The first-order valence-corrected chi connectivity index (χ1v) is 9.34. The van der Waals surface area contributed by atoms with E-state index < -0.39 is 5.82 Å². The number of aryl methyl sites for hydroxylation is 1. The van der Waals surface area contributed by atoms with E-state index in [2.05, 4.69) is 15.1 Å². The van der Waals surface area contributed by atoms with Crippen LogP contribution in [0.2, 0.25) is 10.2 Å². The Bertz CT molecular complexity index is 1180. The number of fused-ring (bicyclic) bond motifs is 1. The number of hydrogen-bond acceptors (Lipinski definition) is 3. The summed E-state index contributed by atoms with van der Waals surface area (Å²) in [5.74, 6) is -0.175. The van der Waals surface area contributed by atoms with Crippen LogP contribution in [0.25, 0.3) is 22.2 Å². The molecule has 0 aliphatic carbocycles. The molecule has 0 aliphatic heterocycles. The Morgan fingerprint density at radius 2 is 2.04 bits per heavy atom. The summed E-state index contributed by atoms with van der Waals surface area (Å²) in [5.41, 5.74) is 3.87. The lowest BCUT2D eigenvalue weighted by atomic mass is 9.91. The van der Waals surface area contributed by atoms with Crippen molar-refractivity contribution in [3.05, 3.63) is 63.9 Å². The maximum absolute atomic E-state index is 14.1. The van der Waals surface area contributed by atoms with Gasteiger partial charge < -0.3 is 9.72 Å². The van der Waals surface area contributed by atoms with Crippen molar-refractivity contribution in [2.24, 2.45) is 7.05 Å². The Labute approximate surface area is 171 Å². The zero-order valence-corrected chi connectivity index (χ0v) is 16.9. The van der Waals surface area contributed by atoms with Gasteiger partial charge in [0.25, 0.3) is 0 Å². The summed E-state index contributed by atoms with van der Waals surface area (Å²) >= 11 is 12.6. The average Bonchev–Trinajstić information content (AvgIpc) is 3.26. The summed E-state index contributed by atoms with van der Waals surface area (Å²) in [4.78, 5) is 7.66. The molecule has 28 heavy (non-hydrogen) atoms. The van der Waals surface area contributed by atoms with Crippen molar-refractivity contribution in [1.82, 2.24) is 19.7 Å². The van der Waals surface area contributed by atoms with Gasteiger partial charge in [-0.15, -0.1) is 0 Å². The van der Waals surface area contributed by atoms with Gasteiger partial charge in [-0.05, 0) is 23.8 Å². The predicted molar refractivity (Wildman–Crippen MR) is 109 cm³/mol. The third-order valence-corrected chi connectivity index (χ3v) is 5.78. The maximum atomic E-state index is 14.1. The third kappa shape index (κ3) is 2.93. The zero-order valence-electron chi connectivity index (χ0n) is 15.4. The molecule has 1 aromatic carbocycles. The maximum Gasteiger partial charge on any atom is 0.142 e. The van der Waals surface area contributed by atoms with Crippen LogP contribution in [0.5, 0.6) is 5.75 Å². The quantitative estimate of drug-likeness (QED) is 0.471. The summed E-state index contributed by atoms with van der Waals surface area (Å²) in [7, 11) is 3.32. The highest BCUT2D eigenvalue weighted by Crippen LogP contribution is 2.41. The van der Waals surface area contributed by atoms with Crippen molar-refractivity contribution in [2.75, 3.05) is 7.11 Å². The highest BCUT2D eigenvalue weighted by Gasteiger charge is 2.23. The summed E-state index contributed by atoms with van der Waals surface area (Å²) in [6.45, 7) is 1.95. The van der Waals surface area contributed by atoms with Crippen molar-refractivity contribution < 1.29 is 9.13 Å². The van der Waals surface area contributed by atoms with Gasteiger partial charge in [0.05, 0.1) is 18.3 Å². The molecule has 0 unspecified atom stereocenters. The number of nitrogens with zero attached hydrogens (tertiary/aromatic N) is 3. The molecule has 0 aliphatic rings. The minimum Gasteiger partial charge on any atom is -0.496 e. The smallest absolute Gasteiger partial charge is 0.142 e. The fourth-order valence-electron chi connectivity index (χ4n) is 3.43. The van der Waals surface area contributed by atoms with E-state index in [0.29, 0.717) is 16.5 Å². The van der Waals surface area contributed by atoms with Gasteiger partial charge in [0.1, 0.15) is 22.4 Å². The number of aromatic amines is 1. The molecule has 4 rings (SSSR count). The first kappa shape index (κ1) is 18.8. The highest BCUT2D eigenvalue weighted by atomic mass is 35.5. The highest BCUT2D eigenvalue weighted by molar-refractivity contribution is 6.32. The molecular formula is C20H17Cl2FN4O. The van der Waals surface area contributed by atoms with Crippen molar-refractivity contribution in [1.29, 1.82) is 0 Å². The first-order valence-electron chi connectivity index (χ1n) is 8.59. The second-order valence-electron chi connectivity index (χ2n) is 6.54. The molecular weight excluding hydrogens is 402 g/mol. The number of pyridine rings is 1. The van der Waals surface area contributed by atoms with Crippen molar-refractivity contribution in [2.45, 2.75) is 12.8 Å². The Morgan fingerprint density at radius 1 is 1.25 bits per heavy atom. The number of halogens is 3. The number of rotatable bonds is 4. The van der Waals surface area contributed by atoms with Crippen LogP contribution in [0.3, 0.4) is 0 Å². The van der Waals surface area contributed by atoms with E-state index in [1.165, 1.54) is 6.07 Å². The molecule has 0 saturated carbocycles. The van der Waals surface area contributed by atoms with E-state index in [0.717, 1.165) is 27.7 Å². The summed E-state index contributed by atoms with van der Waals surface area (Å²) < 4.78 is 21.1. The summed E-state index contributed by atoms with van der Waals surface area (Å²) in [5, 5.41) is 5.66. The molecule has 0 spiro atoms. The molecule has 0 bridgehead atoms. The molecule has 0 amide bonds. The summed E-state index contributed by atoms with van der Waals surface area (Å²) in [6.07, 6.45) is 5.30. The SMILES string of the molecule is COc1ccc(F)c(Cl)c1[C@@H](C)c1c[nH]c2ncc(-c3cnn(C)c3Cl)cc12. The molecule has 0 radical (unpaired) electrons. The Balaban J connectivity index is 1.87. The molecule has 8 heteroatoms. The molecule has 4 aromatic rings. The fourth-order valence-corrected chi connectivity index (χ4v) is 3.95. The number of benzene rings is 1. The van der Waals surface area contributed by atoms with Crippen LogP contribution in [0.15, 0.2) is 36.8 Å². The molecule has 0 fully saturated rings. The standard InChI is InChI=1S/C20H17Cl2FN4O/c1-10(17-16(28-3)5-4-15(23)18(17)21)13-8-25-20-12(13)6-11(7-24-20)14-9-26-27(2)19(14)22/h4-10H,1-3H3,(H,24,25)/t10-/m0/s1. The molecule has 3 heterocycles. The van der Waals surface area contributed by atoms with Crippen molar-refractivity contribution in [3.8, 4) is 16.9 Å². The molecule has 1 N–H and O–H groups in total. The number of H-pyrrole nitrogens is 1. The molecule has 5 nitrogen and oxygen atoms in total. The Kier molecular flexibility index (Phi) is 4.77.